The zero-order valence-corrected chi connectivity index (χ0v) is 11.3. The normalized spacial score (nSPS) is 24.2. The van der Waals surface area contributed by atoms with Crippen LogP contribution in [0.2, 0.25) is 0 Å². The summed E-state index contributed by atoms with van der Waals surface area (Å²) in [6.07, 6.45) is 1.09. The van der Waals surface area contributed by atoms with Gasteiger partial charge in [0.05, 0.1) is 14.2 Å². The van der Waals surface area contributed by atoms with E-state index in [2.05, 4.69) is 18.0 Å². The molecule has 1 saturated heterocycles. The highest BCUT2D eigenvalue weighted by Crippen LogP contribution is 2.39. The molecule has 2 N–H and O–H groups in total. The molecule has 0 bridgehead atoms. The first-order valence-corrected chi connectivity index (χ1v) is 6.31. The number of methoxy groups -OCH3 is 2. The van der Waals surface area contributed by atoms with Crippen molar-refractivity contribution >= 4 is 0 Å². The van der Waals surface area contributed by atoms with Gasteiger partial charge < -0.3 is 15.2 Å². The van der Waals surface area contributed by atoms with Crippen LogP contribution in [0.1, 0.15) is 18.0 Å². The van der Waals surface area contributed by atoms with Gasteiger partial charge in [0, 0.05) is 24.2 Å². The van der Waals surface area contributed by atoms with E-state index in [4.69, 9.17) is 15.2 Å². The maximum absolute atomic E-state index is 5.77. The van der Waals surface area contributed by atoms with Crippen LogP contribution in [-0.2, 0) is 0 Å². The summed E-state index contributed by atoms with van der Waals surface area (Å²) in [5, 5.41) is 0. The second kappa shape index (κ2) is 5.59. The van der Waals surface area contributed by atoms with Gasteiger partial charge in [0.1, 0.15) is 11.5 Å². The molecule has 0 amide bonds. The topological polar surface area (TPSA) is 47.7 Å². The zero-order valence-electron chi connectivity index (χ0n) is 11.3. The van der Waals surface area contributed by atoms with E-state index in [1.807, 2.05) is 12.1 Å². The molecule has 4 heteroatoms. The van der Waals surface area contributed by atoms with Crippen molar-refractivity contribution in [1.82, 2.24) is 4.90 Å². The lowest BCUT2D eigenvalue weighted by atomic mass is 9.99. The summed E-state index contributed by atoms with van der Waals surface area (Å²) in [5.74, 6) is 2.29. The Bertz CT molecular complexity index is 409. The molecular formula is C14H22N2O2. The van der Waals surface area contributed by atoms with Gasteiger partial charge in [-0.2, -0.15) is 0 Å². The monoisotopic (exact) mass is 250 g/mol. The van der Waals surface area contributed by atoms with E-state index < -0.39 is 0 Å². The Labute approximate surface area is 109 Å². The molecule has 1 fully saturated rings. The van der Waals surface area contributed by atoms with Gasteiger partial charge >= 0.3 is 0 Å². The van der Waals surface area contributed by atoms with Crippen LogP contribution in [0.25, 0.3) is 0 Å². The van der Waals surface area contributed by atoms with Crippen LogP contribution >= 0.6 is 0 Å². The highest BCUT2D eigenvalue weighted by Gasteiger charge is 2.31. The Hall–Kier alpha value is -1.26. The van der Waals surface area contributed by atoms with Gasteiger partial charge in [-0.05, 0) is 32.0 Å². The van der Waals surface area contributed by atoms with Gasteiger partial charge in [0.15, 0.2) is 0 Å². The van der Waals surface area contributed by atoms with Crippen molar-refractivity contribution in [2.45, 2.75) is 12.5 Å². The third-order valence-corrected chi connectivity index (χ3v) is 3.77. The average molecular weight is 250 g/mol. The van der Waals surface area contributed by atoms with Crippen LogP contribution in [0.3, 0.4) is 0 Å². The van der Waals surface area contributed by atoms with Crippen molar-refractivity contribution < 1.29 is 9.47 Å². The lowest BCUT2D eigenvalue weighted by Crippen LogP contribution is -2.20. The Morgan fingerprint density at radius 1 is 1.33 bits per heavy atom. The number of ether oxygens (including phenoxy) is 2. The number of likely N-dealkylation sites (tertiary alicyclic amines) is 1. The quantitative estimate of drug-likeness (QED) is 0.883. The second-order valence-electron chi connectivity index (χ2n) is 4.90. The van der Waals surface area contributed by atoms with Crippen LogP contribution in [0, 0.1) is 5.92 Å². The summed E-state index contributed by atoms with van der Waals surface area (Å²) in [6.45, 7) is 1.80. The Morgan fingerprint density at radius 3 is 2.67 bits per heavy atom. The number of benzene rings is 1. The fraction of sp³-hybridized carbons (Fsp3) is 0.571. The lowest BCUT2D eigenvalue weighted by Gasteiger charge is -2.22. The fourth-order valence-corrected chi connectivity index (χ4v) is 2.73. The molecule has 2 rings (SSSR count). The van der Waals surface area contributed by atoms with Crippen LogP contribution < -0.4 is 15.2 Å². The molecule has 1 aliphatic heterocycles. The predicted octanol–water partition coefficient (Wildman–Crippen LogP) is 1.66. The van der Waals surface area contributed by atoms with E-state index in [1.54, 1.807) is 14.2 Å². The molecule has 100 valence electrons. The summed E-state index contributed by atoms with van der Waals surface area (Å²) in [4.78, 5) is 2.35. The fourth-order valence-electron chi connectivity index (χ4n) is 2.73. The van der Waals surface area contributed by atoms with Crippen molar-refractivity contribution in [2.75, 3.05) is 34.4 Å². The van der Waals surface area contributed by atoms with E-state index in [0.29, 0.717) is 12.0 Å². The maximum atomic E-state index is 5.77. The molecule has 1 aromatic carbocycles. The van der Waals surface area contributed by atoms with Crippen LogP contribution in [-0.4, -0.2) is 39.3 Å². The molecule has 1 aliphatic rings. The third-order valence-electron chi connectivity index (χ3n) is 3.77. The number of hydrogen-bond acceptors (Lipinski definition) is 4. The first-order chi connectivity index (χ1) is 8.69. The van der Waals surface area contributed by atoms with Gasteiger partial charge in [-0.1, -0.05) is 6.07 Å². The zero-order chi connectivity index (χ0) is 13.1. The first-order valence-electron chi connectivity index (χ1n) is 6.31. The highest BCUT2D eigenvalue weighted by molar-refractivity contribution is 5.42. The molecule has 2 unspecified atom stereocenters. The minimum Gasteiger partial charge on any atom is -0.497 e. The molecular weight excluding hydrogens is 228 g/mol. The Balaban J connectivity index is 2.27. The molecule has 0 saturated carbocycles. The second-order valence-corrected chi connectivity index (χ2v) is 4.90. The van der Waals surface area contributed by atoms with Crippen molar-refractivity contribution in [3.8, 4) is 11.5 Å². The predicted molar refractivity (Wildman–Crippen MR) is 72.1 cm³/mol. The number of nitrogens with zero attached hydrogens (tertiary/aromatic N) is 1. The molecule has 0 spiro atoms. The largest absolute Gasteiger partial charge is 0.497 e. The Morgan fingerprint density at radius 2 is 2.11 bits per heavy atom. The summed E-state index contributed by atoms with van der Waals surface area (Å²) in [5.41, 5.74) is 6.99. The minimum atomic E-state index is 0.388. The maximum Gasteiger partial charge on any atom is 0.127 e. The van der Waals surface area contributed by atoms with E-state index in [9.17, 15) is 0 Å². The van der Waals surface area contributed by atoms with Crippen LogP contribution in [0.5, 0.6) is 11.5 Å². The number of nitrogens with two attached hydrogens (primary N) is 1. The van der Waals surface area contributed by atoms with Gasteiger partial charge in [0.25, 0.3) is 0 Å². The molecule has 1 aromatic rings. The van der Waals surface area contributed by atoms with Crippen molar-refractivity contribution in [3.63, 3.8) is 0 Å². The van der Waals surface area contributed by atoms with Crippen molar-refractivity contribution in [2.24, 2.45) is 11.7 Å². The van der Waals surface area contributed by atoms with E-state index in [0.717, 1.165) is 31.0 Å². The minimum absolute atomic E-state index is 0.388. The van der Waals surface area contributed by atoms with Crippen molar-refractivity contribution in [3.05, 3.63) is 23.8 Å². The lowest BCUT2D eigenvalue weighted by molar-refractivity contribution is 0.302. The highest BCUT2D eigenvalue weighted by atomic mass is 16.5. The first kappa shape index (κ1) is 13.2. The van der Waals surface area contributed by atoms with Gasteiger partial charge in [-0.25, -0.2) is 0 Å². The third kappa shape index (κ3) is 2.44. The summed E-state index contributed by atoms with van der Waals surface area (Å²) >= 11 is 0. The number of rotatable bonds is 4. The van der Waals surface area contributed by atoms with Crippen LogP contribution in [0.4, 0.5) is 0 Å². The van der Waals surface area contributed by atoms with E-state index >= 15 is 0 Å². The Kier molecular flexibility index (Phi) is 4.09. The van der Waals surface area contributed by atoms with Crippen LogP contribution in [0.15, 0.2) is 18.2 Å². The average Bonchev–Trinajstić information content (AvgIpc) is 2.79. The molecule has 2 atom stereocenters. The molecule has 0 radical (unpaired) electrons. The van der Waals surface area contributed by atoms with E-state index in [1.165, 1.54) is 5.56 Å². The molecule has 0 aliphatic carbocycles. The summed E-state index contributed by atoms with van der Waals surface area (Å²) in [7, 11) is 5.51. The molecule has 18 heavy (non-hydrogen) atoms. The summed E-state index contributed by atoms with van der Waals surface area (Å²) < 4.78 is 10.7. The smallest absolute Gasteiger partial charge is 0.127 e. The standard InChI is InChI=1S/C14H22N2O2/c1-16-9-10(8-15)6-13(16)12-5-4-11(17-2)7-14(12)18-3/h4-5,7,10,13H,6,8-9,15H2,1-3H3. The summed E-state index contributed by atoms with van der Waals surface area (Å²) in [6, 6.07) is 6.41. The van der Waals surface area contributed by atoms with Gasteiger partial charge in [0.2, 0.25) is 0 Å². The van der Waals surface area contributed by atoms with E-state index in [-0.39, 0.29) is 0 Å². The van der Waals surface area contributed by atoms with Crippen molar-refractivity contribution in [1.29, 1.82) is 0 Å². The molecule has 1 heterocycles. The molecule has 4 nitrogen and oxygen atoms in total. The van der Waals surface area contributed by atoms with Gasteiger partial charge in [-0.3, -0.25) is 4.90 Å². The van der Waals surface area contributed by atoms with Gasteiger partial charge in [-0.15, -0.1) is 0 Å². The number of hydrogen-bond donors (Lipinski definition) is 1. The SMILES string of the molecule is COc1ccc(C2CC(CN)CN2C)c(OC)c1. The molecule has 0 aromatic heterocycles.